The monoisotopic (exact) mass is 431 g/mol. The number of benzene rings is 2. The van der Waals surface area contributed by atoms with Gasteiger partial charge >= 0.3 is 0 Å². The van der Waals surface area contributed by atoms with Crippen LogP contribution < -0.4 is 4.74 Å². The van der Waals surface area contributed by atoms with Crippen molar-refractivity contribution in [2.24, 2.45) is 0 Å². The third kappa shape index (κ3) is 4.97. The van der Waals surface area contributed by atoms with E-state index in [9.17, 15) is 9.18 Å². The fourth-order valence-corrected chi connectivity index (χ4v) is 3.80. The Kier molecular flexibility index (Phi) is 6.50. The summed E-state index contributed by atoms with van der Waals surface area (Å²) >= 11 is 0. The number of carbonyl (C=O) groups is 1. The number of methoxy groups -OCH3 is 1. The zero-order valence-electron chi connectivity index (χ0n) is 18.3. The number of halogens is 1. The molecule has 0 N–H and O–H groups in total. The normalized spacial score (nSPS) is 14.3. The SMILES string of the molecule is COc1cc(C(=O)C=CN2C=C(c3ccc(F)cc3)CCCC2)ccc1-n1cnc(C)c1. The molecule has 0 saturated carbocycles. The number of carbonyl (C=O) groups excluding carboxylic acids is 1. The van der Waals surface area contributed by atoms with E-state index in [-0.39, 0.29) is 11.6 Å². The van der Waals surface area contributed by atoms with E-state index < -0.39 is 0 Å². The molecule has 0 bridgehead atoms. The maximum absolute atomic E-state index is 13.3. The first-order valence-corrected chi connectivity index (χ1v) is 10.7. The highest BCUT2D eigenvalue weighted by molar-refractivity contribution is 6.05. The largest absolute Gasteiger partial charge is 0.495 e. The summed E-state index contributed by atoms with van der Waals surface area (Å²) in [5.74, 6) is 0.266. The molecule has 3 aromatic rings. The van der Waals surface area contributed by atoms with E-state index in [4.69, 9.17) is 4.74 Å². The Morgan fingerprint density at radius 3 is 2.69 bits per heavy atom. The van der Waals surface area contributed by atoms with E-state index in [1.165, 1.54) is 12.1 Å². The molecule has 0 aliphatic carbocycles. The number of hydrogen-bond acceptors (Lipinski definition) is 4. The van der Waals surface area contributed by atoms with Gasteiger partial charge in [-0.15, -0.1) is 0 Å². The average molecular weight is 432 g/mol. The number of allylic oxidation sites excluding steroid dienone is 2. The van der Waals surface area contributed by atoms with Gasteiger partial charge in [-0.2, -0.15) is 0 Å². The number of ketones is 1. The summed E-state index contributed by atoms with van der Waals surface area (Å²) in [4.78, 5) is 19.1. The second-order valence-corrected chi connectivity index (χ2v) is 7.85. The molecule has 0 radical (unpaired) electrons. The van der Waals surface area contributed by atoms with Gasteiger partial charge in [0.05, 0.1) is 24.8 Å². The molecule has 32 heavy (non-hydrogen) atoms. The van der Waals surface area contributed by atoms with Crippen LogP contribution in [-0.4, -0.2) is 33.9 Å². The highest BCUT2D eigenvalue weighted by Crippen LogP contribution is 2.26. The van der Waals surface area contributed by atoms with Crippen LogP contribution in [0.3, 0.4) is 0 Å². The number of rotatable bonds is 6. The number of ether oxygens (including phenoxy) is 1. The van der Waals surface area contributed by atoms with Crippen molar-refractivity contribution < 1.29 is 13.9 Å². The molecule has 1 aliphatic rings. The van der Waals surface area contributed by atoms with Crippen LogP contribution >= 0.6 is 0 Å². The van der Waals surface area contributed by atoms with Gasteiger partial charge in [-0.3, -0.25) is 4.79 Å². The first-order valence-electron chi connectivity index (χ1n) is 10.7. The van der Waals surface area contributed by atoms with Gasteiger partial charge in [0.1, 0.15) is 11.6 Å². The van der Waals surface area contributed by atoms with Crippen molar-refractivity contribution in [1.82, 2.24) is 14.5 Å². The van der Waals surface area contributed by atoms with Gasteiger partial charge in [0.15, 0.2) is 5.78 Å². The van der Waals surface area contributed by atoms with Gasteiger partial charge in [0, 0.05) is 36.8 Å². The maximum Gasteiger partial charge on any atom is 0.187 e. The molecule has 4 rings (SSSR count). The van der Waals surface area contributed by atoms with E-state index in [1.54, 1.807) is 43.8 Å². The van der Waals surface area contributed by atoms with Crippen molar-refractivity contribution in [2.45, 2.75) is 26.2 Å². The predicted molar refractivity (Wildman–Crippen MR) is 123 cm³/mol. The van der Waals surface area contributed by atoms with Gasteiger partial charge in [-0.25, -0.2) is 9.37 Å². The maximum atomic E-state index is 13.3. The van der Waals surface area contributed by atoms with Crippen LogP contribution in [-0.2, 0) is 0 Å². The van der Waals surface area contributed by atoms with E-state index >= 15 is 0 Å². The molecule has 1 aliphatic heterocycles. The van der Waals surface area contributed by atoms with Crippen molar-refractivity contribution in [2.75, 3.05) is 13.7 Å². The van der Waals surface area contributed by atoms with Gasteiger partial charge in [-0.1, -0.05) is 12.1 Å². The average Bonchev–Trinajstić information content (AvgIpc) is 3.10. The topological polar surface area (TPSA) is 47.4 Å². The molecule has 164 valence electrons. The molecule has 0 unspecified atom stereocenters. The number of imidazole rings is 1. The molecule has 0 amide bonds. The molecular formula is C26H26FN3O2. The molecule has 0 saturated heterocycles. The van der Waals surface area contributed by atoms with Crippen LogP contribution in [0.15, 0.2) is 73.5 Å². The summed E-state index contributed by atoms with van der Waals surface area (Å²) in [6.07, 6.45) is 12.1. The van der Waals surface area contributed by atoms with Crippen molar-refractivity contribution in [3.63, 3.8) is 0 Å². The number of aromatic nitrogens is 2. The zero-order valence-corrected chi connectivity index (χ0v) is 18.3. The molecule has 0 spiro atoms. The number of nitrogens with zero attached hydrogens (tertiary/aromatic N) is 3. The highest BCUT2D eigenvalue weighted by Gasteiger charge is 2.12. The minimum atomic E-state index is -0.241. The standard InChI is InChI=1S/C26H26FN3O2/c1-19-16-30(18-28-19)24-11-8-21(15-26(24)32-2)25(31)12-14-29-13-4-3-5-22(17-29)20-6-9-23(27)10-7-20/h6-12,14-18H,3-5,13H2,1-2H3. The van der Waals surface area contributed by atoms with E-state index in [0.717, 1.165) is 48.3 Å². The second kappa shape index (κ2) is 9.64. The minimum Gasteiger partial charge on any atom is -0.495 e. The third-order valence-electron chi connectivity index (χ3n) is 5.52. The van der Waals surface area contributed by atoms with Crippen molar-refractivity contribution in [3.8, 4) is 11.4 Å². The molecule has 5 nitrogen and oxygen atoms in total. The Labute approximate surface area is 187 Å². The van der Waals surface area contributed by atoms with Gasteiger partial charge in [-0.05, 0) is 67.7 Å². The van der Waals surface area contributed by atoms with Crippen molar-refractivity contribution in [3.05, 3.63) is 96.1 Å². The highest BCUT2D eigenvalue weighted by atomic mass is 19.1. The van der Waals surface area contributed by atoms with Crippen LogP contribution in [0.1, 0.15) is 40.9 Å². The summed E-state index contributed by atoms with van der Waals surface area (Å²) in [5.41, 5.74) is 4.43. The van der Waals surface area contributed by atoms with E-state index in [2.05, 4.69) is 11.2 Å². The Morgan fingerprint density at radius 2 is 1.97 bits per heavy atom. The Morgan fingerprint density at radius 1 is 1.16 bits per heavy atom. The molecule has 0 atom stereocenters. The summed E-state index contributed by atoms with van der Waals surface area (Å²) in [5, 5.41) is 0. The smallest absolute Gasteiger partial charge is 0.187 e. The van der Waals surface area contributed by atoms with E-state index in [1.807, 2.05) is 34.9 Å². The van der Waals surface area contributed by atoms with Crippen LogP contribution in [0.25, 0.3) is 11.3 Å². The molecule has 1 aromatic heterocycles. The fourth-order valence-electron chi connectivity index (χ4n) is 3.80. The van der Waals surface area contributed by atoms with Crippen molar-refractivity contribution in [1.29, 1.82) is 0 Å². The Bertz CT molecular complexity index is 1160. The molecule has 2 aromatic carbocycles. The van der Waals surface area contributed by atoms with Crippen LogP contribution in [0.2, 0.25) is 0 Å². The zero-order chi connectivity index (χ0) is 22.5. The van der Waals surface area contributed by atoms with Gasteiger partial charge < -0.3 is 14.2 Å². The van der Waals surface area contributed by atoms with Gasteiger partial charge in [0.25, 0.3) is 0 Å². The van der Waals surface area contributed by atoms with Crippen LogP contribution in [0, 0.1) is 12.7 Å². The quantitative estimate of drug-likeness (QED) is 0.379. The minimum absolute atomic E-state index is 0.0994. The summed E-state index contributed by atoms with van der Waals surface area (Å²) in [7, 11) is 1.59. The first-order chi connectivity index (χ1) is 15.5. The van der Waals surface area contributed by atoms with Gasteiger partial charge in [0.2, 0.25) is 0 Å². The lowest BCUT2D eigenvalue weighted by atomic mass is 10.0. The Hall–Kier alpha value is -3.67. The summed E-state index contributed by atoms with van der Waals surface area (Å²) in [6.45, 7) is 2.75. The second-order valence-electron chi connectivity index (χ2n) is 7.85. The first kappa shape index (κ1) is 21.6. The summed E-state index contributed by atoms with van der Waals surface area (Å²) in [6, 6.07) is 12.0. The lowest BCUT2D eigenvalue weighted by molar-refractivity contribution is 0.104. The number of hydrogen-bond donors (Lipinski definition) is 0. The Balaban J connectivity index is 1.53. The molecule has 0 fully saturated rings. The third-order valence-corrected chi connectivity index (χ3v) is 5.52. The lowest BCUT2D eigenvalue weighted by Gasteiger charge is -2.14. The van der Waals surface area contributed by atoms with Crippen molar-refractivity contribution >= 4 is 11.4 Å². The molecule has 2 heterocycles. The summed E-state index contributed by atoms with van der Waals surface area (Å²) < 4.78 is 20.6. The molecule has 6 heteroatoms. The number of aryl methyl sites for hydroxylation is 1. The lowest BCUT2D eigenvalue weighted by Crippen LogP contribution is -2.11. The molecular weight excluding hydrogens is 405 g/mol. The van der Waals surface area contributed by atoms with Crippen LogP contribution in [0.5, 0.6) is 5.75 Å². The van der Waals surface area contributed by atoms with Crippen LogP contribution in [0.4, 0.5) is 4.39 Å². The predicted octanol–water partition coefficient (Wildman–Crippen LogP) is 5.55. The fraction of sp³-hybridized carbons (Fsp3) is 0.231. The van der Waals surface area contributed by atoms with E-state index in [0.29, 0.717) is 11.3 Å².